The Bertz CT molecular complexity index is 3790. The molecule has 4 aliphatic rings. The van der Waals surface area contributed by atoms with Gasteiger partial charge in [0.2, 0.25) is 0 Å². The number of nitrogens with zero attached hydrogens (tertiary/aromatic N) is 10. The molecule has 1 N–H and O–H groups in total. The Labute approximate surface area is 417 Å². The Morgan fingerprint density at radius 3 is 2.26 bits per heavy atom. The Kier molecular flexibility index (Phi) is 10.2. The number of amides is 2. The molecular weight excluding hydrogens is 970 g/mol. The number of aromatic amines is 1. The molecule has 1 spiro atoms. The SMILES string of the molecule is Cc1cc(-n2nc3c(c2-n2ccn(-c4ccc5c(cnn5C)c4F)c2=O)[C@H](C)N(C(=O)c2cc4cc([C@H]5CCOC(C)(C)C5)ccc4n2[C@@]2(c4noc(=O)[nH]4)C[C@@H]2C)CC32CN(C(=O)C(F)(F)F)C2)cc(C)c1F. The van der Waals surface area contributed by atoms with E-state index in [1.807, 2.05) is 43.5 Å². The smallest absolute Gasteiger partial charge is 0.376 e. The molecule has 384 valence electrons. The minimum absolute atomic E-state index is 0.0547. The molecular formula is C52H50F5N11O6. The maximum Gasteiger partial charge on any atom is 0.471 e. The number of hydrogen-bond donors (Lipinski definition) is 1. The van der Waals surface area contributed by atoms with Crippen LogP contribution in [0.4, 0.5) is 22.0 Å². The summed E-state index contributed by atoms with van der Waals surface area (Å²) in [7, 11) is 1.66. The summed E-state index contributed by atoms with van der Waals surface area (Å²) in [6.07, 6.45) is 0.891. The first-order chi connectivity index (χ1) is 35.0. The first-order valence-electron chi connectivity index (χ1n) is 24.4. The molecule has 1 aliphatic carbocycles. The second-order valence-electron chi connectivity index (χ2n) is 21.3. The fourth-order valence-electron chi connectivity index (χ4n) is 12.3. The molecule has 3 aromatic carbocycles. The van der Waals surface area contributed by atoms with Gasteiger partial charge in [0.15, 0.2) is 11.6 Å². The summed E-state index contributed by atoms with van der Waals surface area (Å²) in [5, 5.41) is 14.3. The molecule has 1 saturated carbocycles. The van der Waals surface area contributed by atoms with Crippen molar-refractivity contribution in [3.63, 3.8) is 0 Å². The molecule has 5 aromatic heterocycles. The Balaban J connectivity index is 1.07. The zero-order valence-corrected chi connectivity index (χ0v) is 41.3. The number of rotatable bonds is 7. The minimum atomic E-state index is -5.21. The number of aromatic nitrogens is 9. The zero-order valence-electron chi connectivity index (χ0n) is 41.3. The van der Waals surface area contributed by atoms with Crippen molar-refractivity contribution in [2.45, 2.75) is 95.5 Å². The summed E-state index contributed by atoms with van der Waals surface area (Å²) in [5.41, 5.74) is -0.159. The normalized spacial score (nSPS) is 22.2. The van der Waals surface area contributed by atoms with E-state index in [0.29, 0.717) is 34.3 Å². The highest BCUT2D eigenvalue weighted by Gasteiger charge is 2.62. The number of halogens is 5. The molecule has 0 bridgehead atoms. The fourth-order valence-corrected chi connectivity index (χ4v) is 12.3. The standard InChI is InChI=1S/C52H50F5N11O6/c1-26-16-33(17-27(2)40(26)53)68-43(65-14-13-64(48(65)72)37-11-10-36-34(41(37)54)22-58-62(36)7)39-29(4)66(25-50(42(39)60-68)23-63(24-50)46(70)52(55,56)57)44(69)38-19-32-18-30(31-12-15-73-49(5,6)21-31)8-9-35(32)67(38)51(20-28(51)3)45-59-47(71)74-61-45/h8-11,13-14,16-19,22,28-29,31H,12,15,20-21,23-25H2,1-7H3,(H,59,61,71)/t28-,29-,31-,51-/m0/s1. The van der Waals surface area contributed by atoms with Crippen LogP contribution in [-0.2, 0) is 27.5 Å². The molecule has 74 heavy (non-hydrogen) atoms. The van der Waals surface area contributed by atoms with Gasteiger partial charge in [-0.05, 0) is 125 Å². The number of carbonyl (C=O) groups is 2. The number of nitrogens with one attached hydrogen (secondary N) is 1. The van der Waals surface area contributed by atoms with Gasteiger partial charge < -0.3 is 19.1 Å². The van der Waals surface area contributed by atoms with E-state index in [9.17, 15) is 27.6 Å². The molecule has 4 atom stereocenters. The Hall–Kier alpha value is -7.62. The van der Waals surface area contributed by atoms with Gasteiger partial charge in [0, 0.05) is 62.1 Å². The summed E-state index contributed by atoms with van der Waals surface area (Å²) in [6.45, 7) is 10.2. The van der Waals surface area contributed by atoms with Crippen molar-refractivity contribution in [3.05, 3.63) is 139 Å². The lowest BCUT2D eigenvalue weighted by atomic mass is 9.71. The number of aryl methyl sites for hydroxylation is 3. The van der Waals surface area contributed by atoms with Gasteiger partial charge in [-0.2, -0.15) is 23.4 Å². The molecule has 22 heteroatoms. The van der Waals surface area contributed by atoms with Crippen molar-refractivity contribution in [2.24, 2.45) is 13.0 Å². The van der Waals surface area contributed by atoms with Crippen LogP contribution in [0.1, 0.15) is 103 Å². The molecule has 17 nitrogen and oxygen atoms in total. The maximum atomic E-state index is 16.4. The predicted molar refractivity (Wildman–Crippen MR) is 258 cm³/mol. The third-order valence-electron chi connectivity index (χ3n) is 16.0. The van der Waals surface area contributed by atoms with Crippen molar-refractivity contribution in [3.8, 4) is 17.2 Å². The second kappa shape index (κ2) is 15.9. The lowest BCUT2D eigenvalue weighted by Crippen LogP contribution is -2.69. The number of likely N-dealkylation sites (tertiary alicyclic amines) is 1. The van der Waals surface area contributed by atoms with E-state index in [0.717, 1.165) is 23.0 Å². The number of alkyl halides is 3. The molecule has 3 fully saturated rings. The fraction of sp³-hybridized carbons (Fsp3) is 0.404. The van der Waals surface area contributed by atoms with Gasteiger partial charge in [-0.25, -0.2) is 23.1 Å². The molecule has 2 saturated heterocycles. The first-order valence-corrected chi connectivity index (χ1v) is 24.4. The van der Waals surface area contributed by atoms with E-state index in [-0.39, 0.29) is 80.5 Å². The van der Waals surface area contributed by atoms with Gasteiger partial charge in [0.05, 0.1) is 51.2 Å². The Morgan fingerprint density at radius 2 is 1.59 bits per heavy atom. The van der Waals surface area contributed by atoms with Gasteiger partial charge in [0.25, 0.3) is 5.91 Å². The number of fused-ring (bicyclic) bond motifs is 4. The van der Waals surface area contributed by atoms with Crippen molar-refractivity contribution in [2.75, 3.05) is 26.2 Å². The molecule has 3 aliphatic heterocycles. The molecule has 8 heterocycles. The van der Waals surface area contributed by atoms with Gasteiger partial charge >= 0.3 is 23.5 Å². The van der Waals surface area contributed by atoms with E-state index in [1.54, 1.807) is 40.0 Å². The predicted octanol–water partition coefficient (Wildman–Crippen LogP) is 7.54. The molecule has 12 rings (SSSR count). The van der Waals surface area contributed by atoms with E-state index in [2.05, 4.69) is 15.2 Å². The quantitative estimate of drug-likeness (QED) is 0.158. The zero-order chi connectivity index (χ0) is 52.3. The number of ether oxygens (including phenoxy) is 1. The highest BCUT2D eigenvalue weighted by molar-refractivity contribution is 6.00. The first kappa shape index (κ1) is 47.4. The van der Waals surface area contributed by atoms with Crippen LogP contribution < -0.4 is 11.4 Å². The van der Waals surface area contributed by atoms with Gasteiger partial charge in [0.1, 0.15) is 22.9 Å². The number of H-pyrrole nitrogens is 1. The van der Waals surface area contributed by atoms with Crippen LogP contribution in [0.3, 0.4) is 0 Å². The summed E-state index contributed by atoms with van der Waals surface area (Å²) >= 11 is 0. The summed E-state index contributed by atoms with van der Waals surface area (Å²) < 4.78 is 92.5. The summed E-state index contributed by atoms with van der Waals surface area (Å²) in [5.74, 6) is -4.38. The highest BCUT2D eigenvalue weighted by atomic mass is 19.4. The van der Waals surface area contributed by atoms with Gasteiger partial charge in [-0.3, -0.25) is 32.9 Å². The second-order valence-corrected chi connectivity index (χ2v) is 21.3. The lowest BCUT2D eigenvalue weighted by molar-refractivity contribution is -0.193. The molecule has 0 unspecified atom stereocenters. The number of imidazole rings is 1. The van der Waals surface area contributed by atoms with Crippen LogP contribution in [0.15, 0.2) is 81.2 Å². The van der Waals surface area contributed by atoms with E-state index in [1.165, 1.54) is 55.6 Å². The number of benzene rings is 3. The van der Waals surface area contributed by atoms with Crippen LogP contribution in [0, 0.1) is 31.4 Å². The van der Waals surface area contributed by atoms with E-state index >= 15 is 13.6 Å². The van der Waals surface area contributed by atoms with Gasteiger partial charge in [-0.1, -0.05) is 18.1 Å². The van der Waals surface area contributed by atoms with E-state index < -0.39 is 71.2 Å². The molecule has 8 aromatic rings. The monoisotopic (exact) mass is 1020 g/mol. The largest absolute Gasteiger partial charge is 0.471 e. The number of carbonyl (C=O) groups excluding carboxylic acids is 2. The Morgan fingerprint density at radius 1 is 0.892 bits per heavy atom. The summed E-state index contributed by atoms with van der Waals surface area (Å²) in [6, 6.07) is 12.9. The van der Waals surface area contributed by atoms with Crippen molar-refractivity contribution < 1.29 is 40.8 Å². The van der Waals surface area contributed by atoms with Crippen molar-refractivity contribution >= 4 is 33.6 Å². The third kappa shape index (κ3) is 6.92. The van der Waals surface area contributed by atoms with Crippen molar-refractivity contribution in [1.82, 2.24) is 53.2 Å². The molecule has 2 amide bonds. The minimum Gasteiger partial charge on any atom is -0.376 e. The van der Waals surface area contributed by atoms with Crippen molar-refractivity contribution in [1.29, 1.82) is 0 Å². The van der Waals surface area contributed by atoms with Crippen LogP contribution in [-0.4, -0.2) is 103 Å². The number of hydrogen-bond acceptors (Lipinski definition) is 9. The third-order valence-corrected chi connectivity index (χ3v) is 16.0. The average Bonchev–Trinajstić information content (AvgIpc) is 3.98. The molecule has 0 radical (unpaired) electrons. The van der Waals surface area contributed by atoms with Crippen LogP contribution >= 0.6 is 0 Å². The lowest BCUT2D eigenvalue weighted by Gasteiger charge is -2.54. The topological polar surface area (TPSA) is 176 Å². The van der Waals surface area contributed by atoms with Crippen LogP contribution in [0.5, 0.6) is 0 Å². The van der Waals surface area contributed by atoms with Gasteiger partial charge in [-0.15, -0.1) is 0 Å². The van der Waals surface area contributed by atoms with Crippen LogP contribution in [0.2, 0.25) is 0 Å². The van der Waals surface area contributed by atoms with Crippen LogP contribution in [0.25, 0.3) is 39.0 Å². The van der Waals surface area contributed by atoms with E-state index in [4.69, 9.17) is 14.4 Å². The average molecular weight is 1020 g/mol. The maximum absolute atomic E-state index is 16.4. The summed E-state index contributed by atoms with van der Waals surface area (Å²) in [4.78, 5) is 61.5. The highest BCUT2D eigenvalue weighted by Crippen LogP contribution is 2.57.